The average Bonchev–Trinajstić information content (AvgIpc) is 2.48. The lowest BCUT2D eigenvalue weighted by Crippen LogP contribution is -2.55. The molecule has 1 aliphatic carbocycles. The summed E-state index contributed by atoms with van der Waals surface area (Å²) in [6.45, 7) is 3.43. The summed E-state index contributed by atoms with van der Waals surface area (Å²) >= 11 is 12.4. The van der Waals surface area contributed by atoms with Gasteiger partial charge in [0.05, 0.1) is 5.70 Å². The first-order chi connectivity index (χ1) is 8.32. The van der Waals surface area contributed by atoms with Crippen LogP contribution in [0, 0.1) is 0 Å². The van der Waals surface area contributed by atoms with Crippen LogP contribution < -0.4 is 0 Å². The summed E-state index contributed by atoms with van der Waals surface area (Å²) in [6.07, 6.45) is 1.29. The van der Waals surface area contributed by atoms with Gasteiger partial charge >= 0.3 is 0 Å². The molecule has 0 saturated heterocycles. The zero-order chi connectivity index (χ0) is 14.1. The quantitative estimate of drug-likeness (QED) is 0.450. The van der Waals surface area contributed by atoms with Crippen molar-refractivity contribution in [2.24, 2.45) is 0 Å². The number of hydrogen-bond acceptors (Lipinski definition) is 4. The maximum Gasteiger partial charge on any atom is 0.243 e. The Hall–Kier alpha value is -0.770. The highest BCUT2D eigenvalue weighted by molar-refractivity contribution is 6.53. The fourth-order valence-electron chi connectivity index (χ4n) is 2.10. The van der Waals surface area contributed by atoms with Crippen molar-refractivity contribution >= 4 is 29.0 Å². The predicted molar refractivity (Wildman–Crippen MR) is 70.6 cm³/mol. The molecule has 0 aliphatic heterocycles. The van der Waals surface area contributed by atoms with E-state index in [-0.39, 0.29) is 5.03 Å². The summed E-state index contributed by atoms with van der Waals surface area (Å²) in [4.78, 5) is 12.3. The number of ether oxygens (including phenoxy) is 2. The van der Waals surface area contributed by atoms with Crippen LogP contribution in [0.15, 0.2) is 29.1 Å². The first-order valence-corrected chi connectivity index (χ1v) is 5.86. The molecule has 0 spiro atoms. The molecular weight excluding hydrogens is 277 g/mol. The highest BCUT2D eigenvalue weighted by atomic mass is 35.5. The number of allylic oxidation sites excluding steroid dienone is 1. The Labute approximate surface area is 116 Å². The molecule has 0 bridgehead atoms. The van der Waals surface area contributed by atoms with Gasteiger partial charge in [-0.05, 0) is 6.08 Å². The molecule has 1 rings (SSSR count). The summed E-state index contributed by atoms with van der Waals surface area (Å²) in [5.74, 6) is -2.01. The lowest BCUT2D eigenvalue weighted by molar-refractivity contribution is -0.197. The summed E-state index contributed by atoms with van der Waals surface area (Å²) in [5, 5.41) is -0.0230. The van der Waals surface area contributed by atoms with Gasteiger partial charge in [0, 0.05) is 28.3 Å². The first kappa shape index (κ1) is 15.3. The lowest BCUT2D eigenvalue weighted by Gasteiger charge is -2.39. The molecule has 0 heterocycles. The third-order valence-corrected chi connectivity index (χ3v) is 3.73. The molecule has 0 amide bonds. The molecule has 100 valence electrons. The van der Waals surface area contributed by atoms with Crippen molar-refractivity contribution in [1.29, 1.82) is 0 Å². The number of likely N-dealkylation sites (N-methyl/N-ethyl adjacent to an activating group) is 1. The van der Waals surface area contributed by atoms with Crippen molar-refractivity contribution in [3.8, 4) is 0 Å². The summed E-state index contributed by atoms with van der Waals surface area (Å²) in [7, 11) is 6.23. The Kier molecular flexibility index (Phi) is 4.31. The fourth-order valence-corrected chi connectivity index (χ4v) is 3.01. The van der Waals surface area contributed by atoms with Gasteiger partial charge in [0.15, 0.2) is 4.87 Å². The average molecular weight is 292 g/mol. The number of carbonyl (C=O) groups is 1. The number of nitrogens with zero attached hydrogens (tertiary/aromatic N) is 1. The molecule has 1 atom stereocenters. The third kappa shape index (κ3) is 1.73. The van der Waals surface area contributed by atoms with Crippen LogP contribution in [0.4, 0.5) is 0 Å². The predicted octanol–water partition coefficient (Wildman–Crippen LogP) is 1.89. The Morgan fingerprint density at radius 2 is 1.89 bits per heavy atom. The van der Waals surface area contributed by atoms with E-state index in [9.17, 15) is 4.79 Å². The van der Waals surface area contributed by atoms with Crippen LogP contribution in [0.25, 0.3) is 0 Å². The number of methoxy groups -OCH3 is 2. The zero-order valence-electron chi connectivity index (χ0n) is 10.7. The summed E-state index contributed by atoms with van der Waals surface area (Å²) in [5.41, 5.74) is 2.85. The lowest BCUT2D eigenvalue weighted by atomic mass is 9.97. The highest BCUT2D eigenvalue weighted by Gasteiger charge is 2.65. The van der Waals surface area contributed by atoms with E-state index in [1.54, 1.807) is 19.0 Å². The van der Waals surface area contributed by atoms with Crippen molar-refractivity contribution in [3.63, 3.8) is 0 Å². The van der Waals surface area contributed by atoms with E-state index in [1.807, 2.05) is 0 Å². The second-order valence-electron chi connectivity index (χ2n) is 3.97. The van der Waals surface area contributed by atoms with E-state index in [0.29, 0.717) is 5.70 Å². The Bertz CT molecular complexity index is 448. The molecule has 18 heavy (non-hydrogen) atoms. The molecule has 0 radical (unpaired) electrons. The first-order valence-electron chi connectivity index (χ1n) is 5.11. The smallest absolute Gasteiger partial charge is 0.243 e. The van der Waals surface area contributed by atoms with E-state index in [0.717, 1.165) is 0 Å². The van der Waals surface area contributed by atoms with E-state index in [4.69, 9.17) is 32.7 Å². The van der Waals surface area contributed by atoms with Crippen LogP contribution in [0.5, 0.6) is 0 Å². The third-order valence-electron chi connectivity index (χ3n) is 2.85. The minimum atomic E-state index is -1.62. The summed E-state index contributed by atoms with van der Waals surface area (Å²) < 4.78 is 10.7. The monoisotopic (exact) mass is 291 g/mol. The highest BCUT2D eigenvalue weighted by Crippen LogP contribution is 2.50. The van der Waals surface area contributed by atoms with Crippen molar-refractivity contribution < 1.29 is 14.3 Å². The van der Waals surface area contributed by atoms with E-state index in [2.05, 4.69) is 12.3 Å². The van der Waals surface area contributed by atoms with Crippen LogP contribution in [0.1, 0.15) is 0 Å². The van der Waals surface area contributed by atoms with E-state index < -0.39 is 16.4 Å². The molecule has 4 nitrogen and oxygen atoms in total. The van der Waals surface area contributed by atoms with Gasteiger partial charge in [0.25, 0.3) is 0 Å². The van der Waals surface area contributed by atoms with E-state index >= 15 is 0 Å². The van der Waals surface area contributed by atoms with Gasteiger partial charge in [-0.1, -0.05) is 29.8 Å². The van der Waals surface area contributed by atoms with Gasteiger partial charge < -0.3 is 14.4 Å². The summed E-state index contributed by atoms with van der Waals surface area (Å²) in [6, 6.07) is 0. The van der Waals surface area contributed by atoms with Gasteiger partial charge in [-0.2, -0.15) is 0 Å². The van der Waals surface area contributed by atoms with Gasteiger partial charge in [-0.3, -0.25) is 4.79 Å². The topological polar surface area (TPSA) is 38.8 Å². The van der Waals surface area contributed by atoms with Gasteiger partial charge in [-0.15, -0.1) is 5.73 Å². The number of rotatable bonds is 4. The number of carbonyl (C=O) groups excluding carboxylic acids is 1. The van der Waals surface area contributed by atoms with Crippen molar-refractivity contribution in [2.45, 2.75) is 10.7 Å². The van der Waals surface area contributed by atoms with Crippen LogP contribution in [0.3, 0.4) is 0 Å². The number of halogens is 2. The van der Waals surface area contributed by atoms with Gasteiger partial charge in [-0.25, -0.2) is 0 Å². The van der Waals surface area contributed by atoms with E-state index in [1.165, 1.54) is 20.3 Å². The Balaban J connectivity index is 3.63. The molecule has 0 aromatic carbocycles. The molecule has 6 heteroatoms. The molecule has 0 N–H and O–H groups in total. The molecule has 0 aromatic heterocycles. The van der Waals surface area contributed by atoms with Crippen molar-refractivity contribution in [2.75, 3.05) is 28.3 Å². The van der Waals surface area contributed by atoms with Crippen LogP contribution in [-0.2, 0) is 14.3 Å². The van der Waals surface area contributed by atoms with Crippen LogP contribution >= 0.6 is 23.2 Å². The minimum absolute atomic E-state index is 0.0230. The van der Waals surface area contributed by atoms with Crippen LogP contribution in [-0.4, -0.2) is 49.7 Å². The second kappa shape index (κ2) is 5.08. The Morgan fingerprint density at radius 1 is 1.39 bits per heavy atom. The molecule has 0 fully saturated rings. The van der Waals surface area contributed by atoms with Crippen molar-refractivity contribution in [3.05, 3.63) is 29.1 Å². The molecule has 0 saturated carbocycles. The SMILES string of the molecule is C=C=CC1(Cl)C(=O)C(Cl)=C(N(C)C)C1(OC)OC. The Morgan fingerprint density at radius 3 is 2.22 bits per heavy atom. The van der Waals surface area contributed by atoms with Crippen LogP contribution in [0.2, 0.25) is 0 Å². The largest absolute Gasteiger partial charge is 0.375 e. The maximum atomic E-state index is 12.3. The standard InChI is InChI=1S/C12H15Cl2NO3/c1-6-7-11(14)10(16)8(13)9(15(2)3)12(11,17-4)18-5/h7H,1H2,2-5H3. The number of hydrogen-bond donors (Lipinski definition) is 0. The second-order valence-corrected chi connectivity index (χ2v) is 4.95. The molecule has 1 unspecified atom stereocenters. The number of ketones is 1. The minimum Gasteiger partial charge on any atom is -0.375 e. The molecule has 0 aromatic rings. The van der Waals surface area contributed by atoms with Gasteiger partial charge in [0.1, 0.15) is 5.03 Å². The number of Topliss-reactive ketones (excluding diaryl/α,β-unsaturated/α-hetero) is 1. The van der Waals surface area contributed by atoms with Gasteiger partial charge in [0.2, 0.25) is 11.6 Å². The molecular formula is C12H15Cl2NO3. The van der Waals surface area contributed by atoms with Crippen molar-refractivity contribution in [1.82, 2.24) is 4.90 Å². The molecule has 1 aliphatic rings. The number of alkyl halides is 1. The zero-order valence-corrected chi connectivity index (χ0v) is 12.2. The fraction of sp³-hybridized carbons (Fsp3) is 0.500. The maximum absolute atomic E-state index is 12.3. The normalized spacial score (nSPS) is 26.2.